The van der Waals surface area contributed by atoms with Crippen LogP contribution in [0.4, 0.5) is 0 Å². The van der Waals surface area contributed by atoms with E-state index in [1.165, 1.54) is 0 Å². The van der Waals surface area contributed by atoms with Gasteiger partial charge in [-0.3, -0.25) is 0 Å². The summed E-state index contributed by atoms with van der Waals surface area (Å²) in [5.74, 6) is 0. The summed E-state index contributed by atoms with van der Waals surface area (Å²) in [6.45, 7) is 2.31. The Kier molecular flexibility index (Phi) is 2.79. The highest BCUT2D eigenvalue weighted by molar-refractivity contribution is 4.97. The van der Waals surface area contributed by atoms with Crippen LogP contribution >= 0.6 is 0 Å². The van der Waals surface area contributed by atoms with E-state index in [0.717, 1.165) is 25.9 Å². The molecule has 0 aromatic heterocycles. The van der Waals surface area contributed by atoms with Crippen LogP contribution in [0.15, 0.2) is 0 Å². The predicted molar refractivity (Wildman–Crippen MR) is 52.1 cm³/mol. The van der Waals surface area contributed by atoms with Gasteiger partial charge in [0.15, 0.2) is 0 Å². The van der Waals surface area contributed by atoms with Gasteiger partial charge in [-0.25, -0.2) is 0 Å². The van der Waals surface area contributed by atoms with E-state index < -0.39 is 5.60 Å². The predicted octanol–water partition coefficient (Wildman–Crippen LogP) is -0.358. The fraction of sp³-hybridized carbons (Fsp3) is 1.00. The van der Waals surface area contributed by atoms with Gasteiger partial charge in [0.25, 0.3) is 0 Å². The summed E-state index contributed by atoms with van der Waals surface area (Å²) in [5, 5.41) is 22.5. The van der Waals surface area contributed by atoms with Gasteiger partial charge in [-0.05, 0) is 25.9 Å². The molecule has 0 aliphatic carbocycles. The minimum atomic E-state index is -0.907. The first-order valence-electron chi connectivity index (χ1n) is 5.36. The van der Waals surface area contributed by atoms with E-state index in [1.807, 2.05) is 0 Å². The van der Waals surface area contributed by atoms with Crippen molar-refractivity contribution in [3.05, 3.63) is 0 Å². The van der Waals surface area contributed by atoms with Gasteiger partial charge in [0.2, 0.25) is 0 Å². The number of nitrogens with one attached hydrogen (secondary N) is 1. The maximum atomic E-state index is 10.0. The average molecular weight is 201 g/mol. The minimum Gasteiger partial charge on any atom is -0.393 e. The maximum absolute atomic E-state index is 10.0. The van der Waals surface area contributed by atoms with Crippen LogP contribution in [0.3, 0.4) is 0 Å². The normalized spacial score (nSPS) is 37.3. The summed E-state index contributed by atoms with van der Waals surface area (Å²) in [6.07, 6.45) is 3.02. The molecule has 0 aromatic rings. The summed E-state index contributed by atoms with van der Waals surface area (Å²) in [6, 6.07) is 0. The monoisotopic (exact) mass is 201 g/mol. The average Bonchev–Trinajstić information content (AvgIpc) is 2.19. The third kappa shape index (κ3) is 1.93. The quantitative estimate of drug-likeness (QED) is 0.542. The Labute approximate surface area is 84.3 Å². The molecule has 1 atom stereocenters. The van der Waals surface area contributed by atoms with E-state index in [1.54, 1.807) is 0 Å². The highest BCUT2D eigenvalue weighted by atomic mass is 16.5. The summed E-state index contributed by atoms with van der Waals surface area (Å²) in [7, 11) is 0. The number of rotatable bonds is 1. The first-order chi connectivity index (χ1) is 6.68. The number of aliphatic hydroxyl groups excluding tert-OH is 1. The standard InChI is InChI=1S/C10H19NO3/c12-8-9(13)3-6-14-10(7-9)1-4-11-5-2-10/h11-13H,1-8H2. The van der Waals surface area contributed by atoms with Crippen molar-refractivity contribution in [3.8, 4) is 0 Å². The van der Waals surface area contributed by atoms with Crippen molar-refractivity contribution < 1.29 is 14.9 Å². The fourth-order valence-electron chi connectivity index (χ4n) is 2.54. The Morgan fingerprint density at radius 1 is 1.21 bits per heavy atom. The van der Waals surface area contributed by atoms with Crippen molar-refractivity contribution in [1.29, 1.82) is 0 Å². The SMILES string of the molecule is OCC1(O)CCOC2(CCNCC2)C1. The highest BCUT2D eigenvalue weighted by Gasteiger charge is 2.44. The Balaban J connectivity index is 2.04. The largest absolute Gasteiger partial charge is 0.393 e. The third-order valence-corrected chi connectivity index (χ3v) is 3.44. The first kappa shape index (κ1) is 10.4. The van der Waals surface area contributed by atoms with Gasteiger partial charge in [-0.15, -0.1) is 0 Å². The van der Waals surface area contributed by atoms with E-state index in [4.69, 9.17) is 9.84 Å². The Morgan fingerprint density at radius 3 is 2.57 bits per heavy atom. The van der Waals surface area contributed by atoms with Gasteiger partial charge in [-0.2, -0.15) is 0 Å². The second-order valence-electron chi connectivity index (χ2n) is 4.59. The maximum Gasteiger partial charge on any atom is 0.0926 e. The molecule has 2 saturated heterocycles. The zero-order valence-electron chi connectivity index (χ0n) is 8.46. The lowest BCUT2D eigenvalue weighted by atomic mass is 9.78. The van der Waals surface area contributed by atoms with E-state index in [2.05, 4.69) is 5.32 Å². The van der Waals surface area contributed by atoms with Crippen molar-refractivity contribution in [2.24, 2.45) is 0 Å². The molecule has 2 aliphatic heterocycles. The van der Waals surface area contributed by atoms with Gasteiger partial charge in [0, 0.05) is 12.8 Å². The van der Waals surface area contributed by atoms with E-state index in [9.17, 15) is 5.11 Å². The van der Waals surface area contributed by atoms with Crippen LogP contribution in [0.5, 0.6) is 0 Å². The molecule has 0 amide bonds. The second-order valence-corrected chi connectivity index (χ2v) is 4.59. The number of ether oxygens (including phenoxy) is 1. The molecule has 0 bridgehead atoms. The van der Waals surface area contributed by atoms with Crippen LogP contribution in [-0.2, 0) is 4.74 Å². The number of hydrogen-bond donors (Lipinski definition) is 3. The van der Waals surface area contributed by atoms with Gasteiger partial charge >= 0.3 is 0 Å². The van der Waals surface area contributed by atoms with Crippen LogP contribution in [0.25, 0.3) is 0 Å². The molecular weight excluding hydrogens is 182 g/mol. The summed E-state index contributed by atoms with van der Waals surface area (Å²) in [5.41, 5.74) is -1.09. The van der Waals surface area contributed by atoms with Gasteiger partial charge in [0.1, 0.15) is 0 Å². The Bertz CT molecular complexity index is 198. The lowest BCUT2D eigenvalue weighted by Gasteiger charge is -2.46. The molecule has 2 heterocycles. The van der Waals surface area contributed by atoms with Crippen molar-refractivity contribution in [2.75, 3.05) is 26.3 Å². The summed E-state index contributed by atoms with van der Waals surface area (Å²) < 4.78 is 5.79. The van der Waals surface area contributed by atoms with Crippen LogP contribution < -0.4 is 5.32 Å². The van der Waals surface area contributed by atoms with E-state index in [-0.39, 0.29) is 12.2 Å². The Morgan fingerprint density at radius 2 is 1.93 bits per heavy atom. The van der Waals surface area contributed by atoms with Crippen molar-refractivity contribution in [1.82, 2.24) is 5.32 Å². The molecule has 2 aliphatic rings. The minimum absolute atomic E-state index is 0.147. The van der Waals surface area contributed by atoms with Gasteiger partial charge in [0.05, 0.1) is 24.4 Å². The van der Waals surface area contributed by atoms with Crippen molar-refractivity contribution >= 4 is 0 Å². The van der Waals surface area contributed by atoms with Crippen LogP contribution in [-0.4, -0.2) is 47.7 Å². The highest BCUT2D eigenvalue weighted by Crippen LogP contribution is 2.37. The van der Waals surface area contributed by atoms with Crippen molar-refractivity contribution in [2.45, 2.75) is 36.9 Å². The lowest BCUT2D eigenvalue weighted by Crippen LogP contribution is -2.54. The van der Waals surface area contributed by atoms with E-state index >= 15 is 0 Å². The molecule has 1 spiro atoms. The molecule has 4 heteroatoms. The smallest absolute Gasteiger partial charge is 0.0926 e. The Hall–Kier alpha value is -0.160. The fourth-order valence-corrected chi connectivity index (χ4v) is 2.54. The zero-order valence-corrected chi connectivity index (χ0v) is 8.46. The molecule has 2 fully saturated rings. The molecule has 1 unspecified atom stereocenters. The van der Waals surface area contributed by atoms with Crippen LogP contribution in [0, 0.1) is 0 Å². The molecule has 14 heavy (non-hydrogen) atoms. The second kappa shape index (κ2) is 3.77. The number of piperidine rings is 1. The van der Waals surface area contributed by atoms with Gasteiger partial charge < -0.3 is 20.3 Å². The molecule has 4 nitrogen and oxygen atoms in total. The summed E-state index contributed by atoms with van der Waals surface area (Å²) >= 11 is 0. The van der Waals surface area contributed by atoms with Crippen LogP contribution in [0.2, 0.25) is 0 Å². The van der Waals surface area contributed by atoms with Gasteiger partial charge in [-0.1, -0.05) is 0 Å². The molecule has 0 radical (unpaired) electrons. The topological polar surface area (TPSA) is 61.7 Å². The van der Waals surface area contributed by atoms with E-state index in [0.29, 0.717) is 19.4 Å². The molecule has 3 N–H and O–H groups in total. The number of hydrogen-bond acceptors (Lipinski definition) is 4. The molecular formula is C10H19NO3. The lowest BCUT2D eigenvalue weighted by molar-refractivity contribution is -0.181. The molecule has 82 valence electrons. The van der Waals surface area contributed by atoms with Crippen LogP contribution in [0.1, 0.15) is 25.7 Å². The zero-order chi connectivity index (χ0) is 10.1. The molecule has 2 rings (SSSR count). The first-order valence-corrected chi connectivity index (χ1v) is 5.36. The number of aliphatic hydroxyl groups is 2. The van der Waals surface area contributed by atoms with Crippen molar-refractivity contribution in [3.63, 3.8) is 0 Å². The molecule has 0 aromatic carbocycles. The third-order valence-electron chi connectivity index (χ3n) is 3.44. The summed E-state index contributed by atoms with van der Waals surface area (Å²) in [4.78, 5) is 0. The molecule has 0 saturated carbocycles.